The maximum atomic E-state index is 11.6. The van der Waals surface area contributed by atoms with E-state index in [1.54, 1.807) is 0 Å². The average molecular weight is 279 g/mol. The van der Waals surface area contributed by atoms with Crippen molar-refractivity contribution in [1.29, 1.82) is 0 Å². The van der Waals surface area contributed by atoms with Crippen molar-refractivity contribution in [1.82, 2.24) is 5.32 Å². The first-order chi connectivity index (χ1) is 9.38. The van der Waals surface area contributed by atoms with Gasteiger partial charge in [-0.1, -0.05) is 19.9 Å². The van der Waals surface area contributed by atoms with Gasteiger partial charge in [-0.3, -0.25) is 4.79 Å². The van der Waals surface area contributed by atoms with Crippen LogP contribution in [0.2, 0.25) is 0 Å². The molecule has 0 radical (unpaired) electrons. The lowest BCUT2D eigenvalue weighted by atomic mass is 10.1. The summed E-state index contributed by atoms with van der Waals surface area (Å²) >= 11 is 0. The van der Waals surface area contributed by atoms with Crippen molar-refractivity contribution in [3.05, 3.63) is 29.3 Å². The molecule has 4 heteroatoms. The summed E-state index contributed by atoms with van der Waals surface area (Å²) in [6.07, 6.45) is 0.179. The van der Waals surface area contributed by atoms with E-state index in [1.807, 2.05) is 45.9 Å². The molecule has 112 valence electrons. The van der Waals surface area contributed by atoms with E-state index in [0.29, 0.717) is 18.1 Å². The molecule has 0 heterocycles. The number of carbonyl (C=O) groups excluding carboxylic acids is 1. The highest BCUT2D eigenvalue weighted by Gasteiger charge is 2.09. The fourth-order valence-electron chi connectivity index (χ4n) is 1.86. The zero-order valence-electron chi connectivity index (χ0n) is 12.8. The Hall–Kier alpha value is -1.55. The zero-order valence-corrected chi connectivity index (χ0v) is 12.8. The van der Waals surface area contributed by atoms with Gasteiger partial charge in [0.1, 0.15) is 5.75 Å². The van der Waals surface area contributed by atoms with E-state index < -0.39 is 6.10 Å². The summed E-state index contributed by atoms with van der Waals surface area (Å²) in [5, 5.41) is 12.3. The van der Waals surface area contributed by atoms with Crippen molar-refractivity contribution in [2.45, 2.75) is 40.2 Å². The molecule has 1 rings (SSSR count). The Balaban J connectivity index is 2.31. The number of carbonyl (C=O) groups is 1. The number of ether oxygens (including phenoxy) is 1. The van der Waals surface area contributed by atoms with Gasteiger partial charge in [0, 0.05) is 6.54 Å². The first kappa shape index (κ1) is 16.5. The minimum Gasteiger partial charge on any atom is -0.484 e. The Labute approximate surface area is 121 Å². The lowest BCUT2D eigenvalue weighted by molar-refractivity contribution is -0.123. The van der Waals surface area contributed by atoms with Crippen LogP contribution >= 0.6 is 0 Å². The molecule has 1 aromatic carbocycles. The summed E-state index contributed by atoms with van der Waals surface area (Å²) < 4.78 is 5.42. The Kier molecular flexibility index (Phi) is 6.52. The number of nitrogens with one attached hydrogen (secondary N) is 1. The molecular formula is C16H25NO3. The molecule has 0 aliphatic rings. The summed E-state index contributed by atoms with van der Waals surface area (Å²) in [5.74, 6) is 0.880. The van der Waals surface area contributed by atoms with E-state index in [9.17, 15) is 9.90 Å². The van der Waals surface area contributed by atoms with Crippen LogP contribution in [0.25, 0.3) is 0 Å². The van der Waals surface area contributed by atoms with Crippen LogP contribution in [-0.2, 0) is 4.79 Å². The van der Waals surface area contributed by atoms with E-state index in [0.717, 1.165) is 5.56 Å². The van der Waals surface area contributed by atoms with Gasteiger partial charge in [0.05, 0.1) is 6.10 Å². The summed E-state index contributed by atoms with van der Waals surface area (Å²) in [7, 11) is 0. The minimum absolute atomic E-state index is 0.0309. The molecule has 20 heavy (non-hydrogen) atoms. The standard InChI is InChI=1S/C16H25NO3/c1-11(2)7-14(18)9-17-16(19)10-20-15-6-5-12(3)13(4)8-15/h5-6,8,11,14,18H,7,9-10H2,1-4H3,(H,17,19). The lowest BCUT2D eigenvalue weighted by Gasteiger charge is -2.14. The van der Waals surface area contributed by atoms with E-state index in [1.165, 1.54) is 5.56 Å². The van der Waals surface area contributed by atoms with Crippen molar-refractivity contribution < 1.29 is 14.6 Å². The first-order valence-corrected chi connectivity index (χ1v) is 7.03. The summed E-state index contributed by atoms with van der Waals surface area (Å²) in [5.41, 5.74) is 2.33. The number of benzene rings is 1. The Morgan fingerprint density at radius 2 is 2.00 bits per heavy atom. The second-order valence-electron chi connectivity index (χ2n) is 5.62. The second kappa shape index (κ2) is 7.90. The van der Waals surface area contributed by atoms with Gasteiger partial charge < -0.3 is 15.2 Å². The molecule has 4 nitrogen and oxygen atoms in total. The highest BCUT2D eigenvalue weighted by molar-refractivity contribution is 5.77. The first-order valence-electron chi connectivity index (χ1n) is 7.03. The zero-order chi connectivity index (χ0) is 15.1. The molecule has 0 bridgehead atoms. The van der Waals surface area contributed by atoms with Crippen LogP contribution in [0, 0.1) is 19.8 Å². The van der Waals surface area contributed by atoms with Crippen LogP contribution in [-0.4, -0.2) is 30.3 Å². The smallest absolute Gasteiger partial charge is 0.258 e. The monoisotopic (exact) mass is 279 g/mol. The van der Waals surface area contributed by atoms with Crippen molar-refractivity contribution >= 4 is 5.91 Å². The molecule has 1 atom stereocenters. The number of aliphatic hydroxyl groups excluding tert-OH is 1. The van der Waals surface area contributed by atoms with Crippen LogP contribution in [0.5, 0.6) is 5.75 Å². The Morgan fingerprint density at radius 1 is 1.30 bits per heavy atom. The lowest BCUT2D eigenvalue weighted by Crippen LogP contribution is -2.35. The quantitative estimate of drug-likeness (QED) is 0.804. The number of aliphatic hydroxyl groups is 1. The van der Waals surface area contributed by atoms with Crippen molar-refractivity contribution in [3.8, 4) is 5.75 Å². The normalized spacial score (nSPS) is 12.3. The number of hydrogen-bond acceptors (Lipinski definition) is 3. The van der Waals surface area contributed by atoms with Gasteiger partial charge in [-0.05, 0) is 49.4 Å². The molecular weight excluding hydrogens is 254 g/mol. The van der Waals surface area contributed by atoms with Gasteiger partial charge in [0.25, 0.3) is 5.91 Å². The predicted octanol–water partition coefficient (Wildman–Crippen LogP) is 2.21. The molecule has 1 aromatic rings. The molecule has 1 unspecified atom stereocenters. The SMILES string of the molecule is Cc1ccc(OCC(=O)NCC(O)CC(C)C)cc1C. The van der Waals surface area contributed by atoms with Gasteiger partial charge in [-0.25, -0.2) is 0 Å². The number of amides is 1. The highest BCUT2D eigenvalue weighted by Crippen LogP contribution is 2.16. The summed E-state index contributed by atoms with van der Waals surface area (Å²) in [4.78, 5) is 11.6. The summed E-state index contributed by atoms with van der Waals surface area (Å²) in [6.45, 7) is 8.35. The molecule has 0 saturated heterocycles. The molecule has 0 aliphatic heterocycles. The Bertz CT molecular complexity index is 443. The number of rotatable bonds is 7. The van der Waals surface area contributed by atoms with E-state index in [4.69, 9.17) is 4.74 Å². The topological polar surface area (TPSA) is 58.6 Å². The van der Waals surface area contributed by atoms with Crippen LogP contribution in [0.15, 0.2) is 18.2 Å². The van der Waals surface area contributed by atoms with Gasteiger partial charge >= 0.3 is 0 Å². The third-order valence-electron chi connectivity index (χ3n) is 3.13. The fourth-order valence-corrected chi connectivity index (χ4v) is 1.86. The van der Waals surface area contributed by atoms with Gasteiger partial charge in [0.2, 0.25) is 0 Å². The second-order valence-corrected chi connectivity index (χ2v) is 5.62. The molecule has 2 N–H and O–H groups in total. The van der Waals surface area contributed by atoms with Crippen molar-refractivity contribution in [2.24, 2.45) is 5.92 Å². The maximum Gasteiger partial charge on any atom is 0.258 e. The van der Waals surface area contributed by atoms with Gasteiger partial charge in [-0.15, -0.1) is 0 Å². The third kappa shape index (κ3) is 6.06. The van der Waals surface area contributed by atoms with Gasteiger partial charge in [-0.2, -0.15) is 0 Å². The minimum atomic E-state index is -0.499. The molecule has 0 fully saturated rings. The number of aryl methyl sites for hydroxylation is 2. The molecule has 0 spiro atoms. The van der Waals surface area contributed by atoms with E-state index >= 15 is 0 Å². The largest absolute Gasteiger partial charge is 0.484 e. The molecule has 0 aromatic heterocycles. The fraction of sp³-hybridized carbons (Fsp3) is 0.562. The van der Waals surface area contributed by atoms with Crippen molar-refractivity contribution in [3.63, 3.8) is 0 Å². The third-order valence-corrected chi connectivity index (χ3v) is 3.13. The summed E-state index contributed by atoms with van der Waals surface area (Å²) in [6, 6.07) is 5.73. The number of hydrogen-bond donors (Lipinski definition) is 2. The maximum absolute atomic E-state index is 11.6. The molecule has 0 saturated carbocycles. The molecule has 0 aliphatic carbocycles. The average Bonchev–Trinajstić information content (AvgIpc) is 2.37. The molecule has 1 amide bonds. The highest BCUT2D eigenvalue weighted by atomic mass is 16.5. The Morgan fingerprint density at radius 3 is 2.60 bits per heavy atom. The van der Waals surface area contributed by atoms with Crippen molar-refractivity contribution in [2.75, 3.05) is 13.2 Å². The van der Waals surface area contributed by atoms with Crippen LogP contribution < -0.4 is 10.1 Å². The van der Waals surface area contributed by atoms with Crippen LogP contribution in [0.4, 0.5) is 0 Å². The van der Waals surface area contributed by atoms with Crippen LogP contribution in [0.3, 0.4) is 0 Å². The van der Waals surface area contributed by atoms with E-state index in [2.05, 4.69) is 5.32 Å². The van der Waals surface area contributed by atoms with E-state index in [-0.39, 0.29) is 19.1 Å². The van der Waals surface area contributed by atoms with Gasteiger partial charge in [0.15, 0.2) is 6.61 Å². The van der Waals surface area contributed by atoms with Crippen LogP contribution in [0.1, 0.15) is 31.4 Å². The predicted molar refractivity (Wildman–Crippen MR) is 79.9 cm³/mol.